The first-order chi connectivity index (χ1) is 9.75. The van der Waals surface area contributed by atoms with Crippen molar-refractivity contribution >= 4 is 46.5 Å². The monoisotopic (exact) mass is 375 g/mol. The molecular weight excluding hydrogens is 366 g/mol. The SMILES string of the molecule is CC(C)(NC(=O)c1cccc(C(F)(F)F)c1)C(=O)C(Cl)(Cl)Cl. The fourth-order valence-corrected chi connectivity index (χ4v) is 2.31. The molecule has 0 bridgehead atoms. The van der Waals surface area contributed by atoms with E-state index in [0.29, 0.717) is 6.07 Å². The normalized spacial score (nSPS) is 12.9. The number of hydrogen-bond acceptors (Lipinski definition) is 2. The van der Waals surface area contributed by atoms with Crippen LogP contribution in [0.3, 0.4) is 0 Å². The number of halogens is 6. The Kier molecular flexibility index (Phi) is 5.42. The van der Waals surface area contributed by atoms with Crippen molar-refractivity contribution in [1.82, 2.24) is 5.32 Å². The van der Waals surface area contributed by atoms with E-state index in [2.05, 4.69) is 5.32 Å². The van der Waals surface area contributed by atoms with E-state index in [4.69, 9.17) is 34.8 Å². The molecule has 1 rings (SSSR count). The van der Waals surface area contributed by atoms with Crippen LogP contribution < -0.4 is 5.32 Å². The van der Waals surface area contributed by atoms with Gasteiger partial charge < -0.3 is 5.32 Å². The van der Waals surface area contributed by atoms with Crippen LogP contribution in [0.15, 0.2) is 24.3 Å². The molecule has 1 aromatic carbocycles. The first kappa shape index (κ1) is 19.1. The van der Waals surface area contributed by atoms with Crippen LogP contribution in [-0.2, 0) is 11.0 Å². The molecule has 3 nitrogen and oxygen atoms in total. The summed E-state index contributed by atoms with van der Waals surface area (Å²) >= 11 is 16.4. The number of hydrogen-bond donors (Lipinski definition) is 1. The summed E-state index contributed by atoms with van der Waals surface area (Å²) in [6.07, 6.45) is -4.58. The lowest BCUT2D eigenvalue weighted by Crippen LogP contribution is -2.53. The molecular formula is C13H11Cl3F3NO2. The molecule has 1 aromatic rings. The third-order valence-electron chi connectivity index (χ3n) is 2.70. The van der Waals surface area contributed by atoms with Crippen LogP contribution in [0.4, 0.5) is 13.2 Å². The van der Waals surface area contributed by atoms with E-state index in [-0.39, 0.29) is 5.56 Å². The fraction of sp³-hybridized carbons (Fsp3) is 0.385. The summed E-state index contributed by atoms with van der Waals surface area (Å²) in [5.41, 5.74) is -2.82. The second-order valence-electron chi connectivity index (χ2n) is 4.98. The first-order valence-corrected chi connectivity index (χ1v) is 7.00. The van der Waals surface area contributed by atoms with Crippen molar-refractivity contribution in [3.8, 4) is 0 Å². The van der Waals surface area contributed by atoms with Crippen molar-refractivity contribution in [2.24, 2.45) is 0 Å². The Bertz CT molecular complexity index is 595. The Morgan fingerprint density at radius 1 is 1.09 bits per heavy atom. The van der Waals surface area contributed by atoms with E-state index in [9.17, 15) is 22.8 Å². The number of nitrogens with one attached hydrogen (secondary N) is 1. The maximum absolute atomic E-state index is 12.6. The maximum atomic E-state index is 12.6. The molecule has 22 heavy (non-hydrogen) atoms. The average Bonchev–Trinajstić information content (AvgIpc) is 2.35. The topological polar surface area (TPSA) is 46.2 Å². The Labute approximate surface area is 139 Å². The smallest absolute Gasteiger partial charge is 0.340 e. The molecule has 0 heterocycles. The van der Waals surface area contributed by atoms with E-state index < -0.39 is 32.8 Å². The molecule has 1 N–H and O–H groups in total. The van der Waals surface area contributed by atoms with Crippen LogP contribution in [0.2, 0.25) is 0 Å². The highest BCUT2D eigenvalue weighted by molar-refractivity contribution is 6.76. The molecule has 0 aliphatic rings. The Morgan fingerprint density at radius 2 is 1.64 bits per heavy atom. The van der Waals surface area contributed by atoms with Gasteiger partial charge in [-0.15, -0.1) is 0 Å². The van der Waals surface area contributed by atoms with Crippen molar-refractivity contribution in [3.05, 3.63) is 35.4 Å². The number of Topliss-reactive ketones (excluding diaryl/α,β-unsaturated/α-hetero) is 1. The summed E-state index contributed by atoms with van der Waals surface area (Å²) in [4.78, 5) is 23.9. The van der Waals surface area contributed by atoms with Crippen molar-refractivity contribution in [1.29, 1.82) is 0 Å². The van der Waals surface area contributed by atoms with Gasteiger partial charge in [0.25, 0.3) is 9.70 Å². The molecule has 1 amide bonds. The maximum Gasteiger partial charge on any atom is 0.416 e. The van der Waals surface area contributed by atoms with E-state index in [1.54, 1.807) is 0 Å². The van der Waals surface area contributed by atoms with Crippen LogP contribution in [0, 0.1) is 0 Å². The quantitative estimate of drug-likeness (QED) is 0.806. The summed E-state index contributed by atoms with van der Waals surface area (Å²) in [7, 11) is 0. The zero-order valence-corrected chi connectivity index (χ0v) is 13.7. The summed E-state index contributed by atoms with van der Waals surface area (Å²) < 4.78 is 35.6. The van der Waals surface area contributed by atoms with E-state index in [1.165, 1.54) is 19.9 Å². The predicted molar refractivity (Wildman–Crippen MR) is 78.3 cm³/mol. The van der Waals surface area contributed by atoms with E-state index in [1.807, 2.05) is 0 Å². The molecule has 0 fully saturated rings. The lowest BCUT2D eigenvalue weighted by molar-refractivity contribution is -0.137. The third-order valence-corrected chi connectivity index (χ3v) is 3.22. The van der Waals surface area contributed by atoms with Gasteiger partial charge in [0.15, 0.2) is 0 Å². The molecule has 0 aliphatic carbocycles. The summed E-state index contributed by atoms with van der Waals surface area (Å²) in [6.45, 7) is 2.56. The van der Waals surface area contributed by atoms with Crippen LogP contribution >= 0.6 is 34.8 Å². The highest BCUT2D eigenvalue weighted by atomic mass is 35.6. The molecule has 0 saturated carbocycles. The van der Waals surface area contributed by atoms with Gasteiger partial charge in [-0.3, -0.25) is 9.59 Å². The summed E-state index contributed by atoms with van der Waals surface area (Å²) in [6, 6.07) is 3.77. The molecule has 0 unspecified atom stereocenters. The van der Waals surface area contributed by atoms with Crippen LogP contribution in [0.5, 0.6) is 0 Å². The minimum Gasteiger partial charge on any atom is -0.340 e. The predicted octanol–water partition coefficient (Wildman–Crippen LogP) is 4.15. The van der Waals surface area contributed by atoms with Gasteiger partial charge in [0.05, 0.1) is 11.1 Å². The molecule has 0 aromatic heterocycles. The Balaban J connectivity index is 3.01. The molecule has 0 saturated heterocycles. The summed E-state index contributed by atoms with van der Waals surface area (Å²) in [5.74, 6) is -1.80. The number of alkyl halides is 6. The third kappa shape index (κ3) is 4.76. The van der Waals surface area contributed by atoms with E-state index >= 15 is 0 Å². The minimum absolute atomic E-state index is 0.264. The van der Waals surface area contributed by atoms with E-state index in [0.717, 1.165) is 12.1 Å². The Hall–Kier alpha value is -0.980. The number of rotatable bonds is 3. The lowest BCUT2D eigenvalue weighted by atomic mass is 9.99. The second kappa shape index (κ2) is 6.26. The van der Waals surface area contributed by atoms with Gasteiger partial charge in [0.2, 0.25) is 5.78 Å². The van der Waals surface area contributed by atoms with Gasteiger partial charge in [-0.25, -0.2) is 0 Å². The summed E-state index contributed by atoms with van der Waals surface area (Å²) in [5, 5.41) is 2.25. The lowest BCUT2D eigenvalue weighted by Gasteiger charge is -2.28. The second-order valence-corrected chi connectivity index (χ2v) is 7.27. The number of benzene rings is 1. The molecule has 0 radical (unpaired) electrons. The highest BCUT2D eigenvalue weighted by Crippen LogP contribution is 2.32. The van der Waals surface area contributed by atoms with Crippen LogP contribution in [0.25, 0.3) is 0 Å². The largest absolute Gasteiger partial charge is 0.416 e. The van der Waals surface area contributed by atoms with Crippen molar-refractivity contribution < 1.29 is 22.8 Å². The van der Waals surface area contributed by atoms with Crippen LogP contribution in [-0.4, -0.2) is 21.0 Å². The zero-order chi connectivity index (χ0) is 17.3. The molecule has 0 spiro atoms. The number of carbonyl (C=O) groups excluding carboxylic acids is 2. The molecule has 122 valence electrons. The zero-order valence-electron chi connectivity index (χ0n) is 11.4. The first-order valence-electron chi connectivity index (χ1n) is 5.86. The van der Waals surface area contributed by atoms with Gasteiger partial charge in [-0.2, -0.15) is 13.2 Å². The number of ketones is 1. The molecule has 9 heteroatoms. The number of carbonyl (C=O) groups is 2. The fourth-order valence-electron chi connectivity index (χ4n) is 1.60. The average molecular weight is 377 g/mol. The Morgan fingerprint density at radius 3 is 2.09 bits per heavy atom. The molecule has 0 atom stereocenters. The standard InChI is InChI=1S/C13H11Cl3F3NO2/c1-11(2,10(22)12(14,15)16)20-9(21)7-4-3-5-8(6-7)13(17,18)19/h3-6H,1-2H3,(H,20,21). The van der Waals surface area contributed by atoms with Gasteiger partial charge in [-0.1, -0.05) is 40.9 Å². The van der Waals surface area contributed by atoms with Crippen LogP contribution in [0.1, 0.15) is 29.8 Å². The highest BCUT2D eigenvalue weighted by Gasteiger charge is 2.43. The number of amides is 1. The van der Waals surface area contributed by atoms with Crippen molar-refractivity contribution in [2.45, 2.75) is 29.4 Å². The van der Waals surface area contributed by atoms with Gasteiger partial charge >= 0.3 is 6.18 Å². The molecule has 0 aliphatic heterocycles. The van der Waals surface area contributed by atoms with Crippen molar-refractivity contribution in [3.63, 3.8) is 0 Å². The minimum atomic E-state index is -4.58. The van der Waals surface area contributed by atoms with Crippen molar-refractivity contribution in [2.75, 3.05) is 0 Å². The van der Waals surface area contributed by atoms with Gasteiger partial charge in [0.1, 0.15) is 0 Å². The van der Waals surface area contributed by atoms with Gasteiger partial charge in [0, 0.05) is 5.56 Å². The van der Waals surface area contributed by atoms with Gasteiger partial charge in [-0.05, 0) is 32.0 Å².